The van der Waals surface area contributed by atoms with Gasteiger partial charge in [0.05, 0.1) is 0 Å². The van der Waals surface area contributed by atoms with Crippen molar-refractivity contribution in [2.45, 2.75) is 53.9 Å². The number of benzene rings is 4. The van der Waals surface area contributed by atoms with Gasteiger partial charge in [-0.2, -0.15) is 0 Å². The quantitative estimate of drug-likeness (QED) is 0.290. The predicted molar refractivity (Wildman–Crippen MR) is 153 cm³/mol. The molecule has 0 saturated heterocycles. The van der Waals surface area contributed by atoms with Gasteiger partial charge in [-0.3, -0.25) is 0 Å². The molecule has 0 saturated carbocycles. The molecule has 0 unspecified atom stereocenters. The van der Waals surface area contributed by atoms with E-state index in [1.165, 1.54) is 27.8 Å². The summed E-state index contributed by atoms with van der Waals surface area (Å²) in [7, 11) is 0. The van der Waals surface area contributed by atoms with Crippen LogP contribution in [-0.2, 0) is 5.41 Å². The summed E-state index contributed by atoms with van der Waals surface area (Å²) in [5, 5.41) is 0. The zero-order chi connectivity index (χ0) is 25.2. The molecule has 0 aliphatic rings. The molecule has 0 nitrogen and oxygen atoms in total. The highest BCUT2D eigenvalue weighted by Gasteiger charge is 2.25. The van der Waals surface area contributed by atoms with E-state index in [-0.39, 0.29) is 5.41 Å². The number of hydrogen-bond acceptors (Lipinski definition) is 0. The first-order valence-corrected chi connectivity index (χ1v) is 12.5. The molecule has 0 aliphatic heterocycles. The summed E-state index contributed by atoms with van der Waals surface area (Å²) in [6.07, 6.45) is 4.53. The summed E-state index contributed by atoms with van der Waals surface area (Å²) >= 11 is 0. The Labute approximate surface area is 209 Å². The Morgan fingerprint density at radius 1 is 0.471 bits per heavy atom. The van der Waals surface area contributed by atoms with Gasteiger partial charge in [-0.1, -0.05) is 166 Å². The minimum absolute atomic E-state index is 0.145. The minimum atomic E-state index is -0.145. The summed E-state index contributed by atoms with van der Waals surface area (Å²) in [5.74, 6) is 0. The smallest absolute Gasteiger partial charge is 0.0356 e. The fourth-order valence-corrected chi connectivity index (χ4v) is 3.40. The maximum absolute atomic E-state index is 2.31. The molecular formula is C34H42. The lowest BCUT2D eigenvalue weighted by Gasteiger charge is -2.27. The van der Waals surface area contributed by atoms with E-state index in [0.717, 1.165) is 0 Å². The predicted octanol–water partition coefficient (Wildman–Crippen LogP) is 10.1. The third-order valence-electron chi connectivity index (χ3n) is 5.37. The van der Waals surface area contributed by atoms with Gasteiger partial charge in [0.25, 0.3) is 0 Å². The normalized spacial score (nSPS) is 10.1. The minimum Gasteiger partial charge on any atom is -0.0693 e. The van der Waals surface area contributed by atoms with E-state index < -0.39 is 0 Å². The van der Waals surface area contributed by atoms with Gasteiger partial charge in [-0.15, -0.1) is 0 Å². The van der Waals surface area contributed by atoms with Gasteiger partial charge in [-0.25, -0.2) is 0 Å². The molecule has 0 heteroatoms. The third kappa shape index (κ3) is 9.24. The van der Waals surface area contributed by atoms with E-state index in [9.17, 15) is 0 Å². The molecular weight excluding hydrogens is 408 g/mol. The Bertz CT molecular complexity index is 988. The lowest BCUT2D eigenvalue weighted by molar-refractivity contribution is 0.727. The third-order valence-corrected chi connectivity index (χ3v) is 5.37. The Balaban J connectivity index is 0.000000441. The fraction of sp³-hybridized carbons (Fsp3) is 0.235. The van der Waals surface area contributed by atoms with Crippen molar-refractivity contribution in [1.82, 2.24) is 0 Å². The van der Waals surface area contributed by atoms with Gasteiger partial charge in [0.15, 0.2) is 0 Å². The number of hydrogen-bond donors (Lipinski definition) is 0. The number of aryl methyl sites for hydroxylation is 2. The van der Waals surface area contributed by atoms with Crippen molar-refractivity contribution in [2.24, 2.45) is 0 Å². The standard InChI is InChI=1S/C23H22.C7H8.2C2H6/c1-19-13-15-20(16-14-19)17-18-23(2,21-9-5-3-6-10-21)22-11-7-4-8-12-22;1-7-5-3-2-4-6-7;2*1-2/h3-18H,1-2H3;2-6H,1H3;2*1-2H3/b18-17+;;;. The highest BCUT2D eigenvalue weighted by molar-refractivity contribution is 5.56. The SMILES string of the molecule is CC.CC.Cc1ccc(/C=C/C(C)(c2ccccc2)c2ccccc2)cc1.Cc1ccccc1. The van der Waals surface area contributed by atoms with Crippen LogP contribution in [0.2, 0.25) is 0 Å². The molecule has 178 valence electrons. The van der Waals surface area contributed by atoms with Gasteiger partial charge in [0, 0.05) is 5.41 Å². The van der Waals surface area contributed by atoms with Gasteiger partial charge in [0.1, 0.15) is 0 Å². The van der Waals surface area contributed by atoms with Crippen LogP contribution < -0.4 is 0 Å². The van der Waals surface area contributed by atoms with Crippen molar-refractivity contribution < 1.29 is 0 Å². The molecule has 0 aliphatic carbocycles. The molecule has 4 rings (SSSR count). The Hall–Kier alpha value is -3.38. The average Bonchev–Trinajstić information content (AvgIpc) is 2.92. The van der Waals surface area contributed by atoms with Crippen LogP contribution in [0.25, 0.3) is 6.08 Å². The Kier molecular flexibility index (Phi) is 13.7. The molecule has 0 heterocycles. The first-order chi connectivity index (χ1) is 16.6. The van der Waals surface area contributed by atoms with E-state index in [4.69, 9.17) is 0 Å². The van der Waals surface area contributed by atoms with E-state index in [2.05, 4.69) is 130 Å². The zero-order valence-corrected chi connectivity index (χ0v) is 22.1. The summed E-state index contributed by atoms with van der Waals surface area (Å²) in [5.41, 5.74) is 6.30. The lowest BCUT2D eigenvalue weighted by Crippen LogP contribution is -2.20. The van der Waals surface area contributed by atoms with Crippen molar-refractivity contribution in [3.05, 3.63) is 149 Å². The van der Waals surface area contributed by atoms with Gasteiger partial charge < -0.3 is 0 Å². The van der Waals surface area contributed by atoms with E-state index in [1.807, 2.05) is 45.9 Å². The molecule has 0 atom stereocenters. The monoisotopic (exact) mass is 450 g/mol. The largest absolute Gasteiger partial charge is 0.0693 e. The van der Waals surface area contributed by atoms with Gasteiger partial charge >= 0.3 is 0 Å². The first kappa shape index (κ1) is 28.7. The number of allylic oxidation sites excluding steroid dienone is 1. The maximum Gasteiger partial charge on any atom is 0.0356 e. The summed E-state index contributed by atoms with van der Waals surface area (Å²) in [4.78, 5) is 0. The molecule has 4 aromatic carbocycles. The molecule has 0 N–H and O–H groups in total. The van der Waals surface area contributed by atoms with Crippen molar-refractivity contribution in [1.29, 1.82) is 0 Å². The zero-order valence-electron chi connectivity index (χ0n) is 22.1. The van der Waals surface area contributed by atoms with Crippen molar-refractivity contribution in [2.75, 3.05) is 0 Å². The second-order valence-corrected chi connectivity index (χ2v) is 7.83. The lowest BCUT2D eigenvalue weighted by atomic mass is 9.76. The van der Waals surface area contributed by atoms with Crippen molar-refractivity contribution in [3.63, 3.8) is 0 Å². The molecule has 0 amide bonds. The maximum atomic E-state index is 2.31. The molecule has 34 heavy (non-hydrogen) atoms. The van der Waals surface area contributed by atoms with E-state index in [1.54, 1.807) is 0 Å². The highest BCUT2D eigenvalue weighted by atomic mass is 14.3. The van der Waals surface area contributed by atoms with Gasteiger partial charge in [-0.05, 0) is 37.5 Å². The molecule has 0 aromatic heterocycles. The first-order valence-electron chi connectivity index (χ1n) is 12.5. The van der Waals surface area contributed by atoms with Crippen LogP contribution in [0.15, 0.2) is 121 Å². The highest BCUT2D eigenvalue weighted by Crippen LogP contribution is 2.34. The summed E-state index contributed by atoms with van der Waals surface area (Å²) in [6, 6.07) is 40.3. The van der Waals surface area contributed by atoms with Crippen LogP contribution in [0.5, 0.6) is 0 Å². The second kappa shape index (κ2) is 16.3. The van der Waals surface area contributed by atoms with Crippen LogP contribution in [0, 0.1) is 13.8 Å². The summed E-state index contributed by atoms with van der Waals surface area (Å²) in [6.45, 7) is 14.5. The van der Waals surface area contributed by atoms with Crippen LogP contribution in [0.1, 0.15) is 62.4 Å². The van der Waals surface area contributed by atoms with Crippen LogP contribution >= 0.6 is 0 Å². The molecule has 0 bridgehead atoms. The van der Waals surface area contributed by atoms with Crippen LogP contribution in [-0.4, -0.2) is 0 Å². The van der Waals surface area contributed by atoms with Crippen molar-refractivity contribution >= 4 is 6.08 Å². The van der Waals surface area contributed by atoms with Crippen molar-refractivity contribution in [3.8, 4) is 0 Å². The molecule has 0 radical (unpaired) electrons. The second-order valence-electron chi connectivity index (χ2n) is 7.83. The molecule has 4 aromatic rings. The van der Waals surface area contributed by atoms with E-state index >= 15 is 0 Å². The Morgan fingerprint density at radius 2 is 0.824 bits per heavy atom. The molecule has 0 fully saturated rings. The fourth-order valence-electron chi connectivity index (χ4n) is 3.40. The molecule has 0 spiro atoms. The van der Waals surface area contributed by atoms with E-state index in [0.29, 0.717) is 0 Å². The van der Waals surface area contributed by atoms with Crippen LogP contribution in [0.4, 0.5) is 0 Å². The van der Waals surface area contributed by atoms with Gasteiger partial charge in [0.2, 0.25) is 0 Å². The average molecular weight is 451 g/mol. The number of rotatable bonds is 4. The summed E-state index contributed by atoms with van der Waals surface area (Å²) < 4.78 is 0. The Morgan fingerprint density at radius 3 is 1.18 bits per heavy atom. The topological polar surface area (TPSA) is 0 Å². The van der Waals surface area contributed by atoms with Crippen LogP contribution in [0.3, 0.4) is 0 Å².